The van der Waals surface area contributed by atoms with Crippen LogP contribution in [0.2, 0.25) is 0 Å². The molecule has 1 aliphatic heterocycles. The Morgan fingerprint density at radius 3 is 2.83 bits per heavy atom. The number of thioether (sulfide) groups is 1. The third-order valence-corrected chi connectivity index (χ3v) is 4.64. The molecule has 2 unspecified atom stereocenters. The van der Waals surface area contributed by atoms with Crippen molar-refractivity contribution >= 4 is 11.8 Å². The van der Waals surface area contributed by atoms with Gasteiger partial charge in [0.2, 0.25) is 0 Å². The molecule has 0 radical (unpaired) electrons. The standard InChI is InChI=1S/C15H23NOS/c1-15(2,3)14(17)10-16-12-8-9-18-13-7-5-4-6-11(12)13/h4-7,12,14,16-17H,8-10H2,1-3H3. The molecule has 0 saturated heterocycles. The van der Waals surface area contributed by atoms with E-state index in [9.17, 15) is 5.11 Å². The number of nitrogens with one attached hydrogen (secondary N) is 1. The van der Waals surface area contributed by atoms with Gasteiger partial charge < -0.3 is 10.4 Å². The molecule has 0 aliphatic carbocycles. The molecule has 1 heterocycles. The van der Waals surface area contributed by atoms with Crippen molar-refractivity contribution in [2.75, 3.05) is 12.3 Å². The van der Waals surface area contributed by atoms with E-state index in [4.69, 9.17) is 0 Å². The second kappa shape index (κ2) is 5.64. The Labute approximate surface area is 114 Å². The van der Waals surface area contributed by atoms with Crippen molar-refractivity contribution in [3.05, 3.63) is 29.8 Å². The van der Waals surface area contributed by atoms with Crippen LogP contribution in [0.3, 0.4) is 0 Å². The highest BCUT2D eigenvalue weighted by Gasteiger charge is 2.25. The molecule has 18 heavy (non-hydrogen) atoms. The maximum Gasteiger partial charge on any atom is 0.0712 e. The zero-order valence-corrected chi connectivity index (χ0v) is 12.3. The van der Waals surface area contributed by atoms with Crippen LogP contribution >= 0.6 is 11.8 Å². The minimum absolute atomic E-state index is 0.0596. The summed E-state index contributed by atoms with van der Waals surface area (Å²) in [6.45, 7) is 6.88. The van der Waals surface area contributed by atoms with E-state index in [1.54, 1.807) is 0 Å². The number of benzene rings is 1. The van der Waals surface area contributed by atoms with E-state index >= 15 is 0 Å². The van der Waals surface area contributed by atoms with Gasteiger partial charge in [-0.05, 0) is 29.2 Å². The molecule has 2 rings (SSSR count). The van der Waals surface area contributed by atoms with Crippen molar-refractivity contribution in [1.29, 1.82) is 0 Å². The molecule has 3 heteroatoms. The second-order valence-electron chi connectivity index (χ2n) is 6.02. The molecule has 1 aliphatic rings. The van der Waals surface area contributed by atoms with Gasteiger partial charge >= 0.3 is 0 Å². The minimum atomic E-state index is -0.306. The molecule has 0 amide bonds. The van der Waals surface area contributed by atoms with Gasteiger partial charge in [0.15, 0.2) is 0 Å². The quantitative estimate of drug-likeness (QED) is 0.880. The van der Waals surface area contributed by atoms with Crippen molar-refractivity contribution in [1.82, 2.24) is 5.32 Å². The molecule has 1 aromatic carbocycles. The van der Waals surface area contributed by atoms with E-state index in [2.05, 4.69) is 50.4 Å². The molecule has 2 nitrogen and oxygen atoms in total. The number of fused-ring (bicyclic) bond motifs is 1. The summed E-state index contributed by atoms with van der Waals surface area (Å²) < 4.78 is 0. The lowest BCUT2D eigenvalue weighted by Gasteiger charge is -2.30. The first-order valence-electron chi connectivity index (χ1n) is 6.61. The molecule has 0 fully saturated rings. The molecular weight excluding hydrogens is 242 g/mol. The summed E-state index contributed by atoms with van der Waals surface area (Å²) in [6.07, 6.45) is 0.831. The molecule has 0 saturated carbocycles. The number of hydrogen-bond donors (Lipinski definition) is 2. The Balaban J connectivity index is 2.00. The highest BCUT2D eigenvalue weighted by molar-refractivity contribution is 7.99. The van der Waals surface area contributed by atoms with E-state index in [0.29, 0.717) is 12.6 Å². The summed E-state index contributed by atoms with van der Waals surface area (Å²) in [4.78, 5) is 1.38. The molecule has 0 spiro atoms. The van der Waals surface area contributed by atoms with Crippen molar-refractivity contribution in [2.45, 2.75) is 44.2 Å². The fourth-order valence-corrected chi connectivity index (χ4v) is 3.24. The van der Waals surface area contributed by atoms with Gasteiger partial charge in [-0.2, -0.15) is 0 Å². The molecular formula is C15H23NOS. The van der Waals surface area contributed by atoms with Crippen molar-refractivity contribution < 1.29 is 5.11 Å². The zero-order valence-electron chi connectivity index (χ0n) is 11.4. The fourth-order valence-electron chi connectivity index (χ4n) is 2.11. The van der Waals surface area contributed by atoms with Gasteiger partial charge in [0.1, 0.15) is 0 Å². The highest BCUT2D eigenvalue weighted by Crippen LogP contribution is 2.35. The molecule has 0 bridgehead atoms. The van der Waals surface area contributed by atoms with Gasteiger partial charge in [-0.1, -0.05) is 39.0 Å². The van der Waals surface area contributed by atoms with E-state index in [1.807, 2.05) is 11.8 Å². The first-order chi connectivity index (χ1) is 8.48. The van der Waals surface area contributed by atoms with Crippen LogP contribution in [0.15, 0.2) is 29.2 Å². The average Bonchev–Trinajstić information content (AvgIpc) is 2.34. The Morgan fingerprint density at radius 2 is 2.11 bits per heavy atom. The van der Waals surface area contributed by atoms with Gasteiger partial charge in [-0.25, -0.2) is 0 Å². The van der Waals surface area contributed by atoms with Crippen LogP contribution in [0.4, 0.5) is 0 Å². The van der Waals surface area contributed by atoms with Crippen molar-refractivity contribution in [3.8, 4) is 0 Å². The van der Waals surface area contributed by atoms with Crippen LogP contribution in [-0.4, -0.2) is 23.5 Å². The zero-order chi connectivity index (χ0) is 13.2. The van der Waals surface area contributed by atoms with Crippen molar-refractivity contribution in [2.24, 2.45) is 5.41 Å². The number of hydrogen-bond acceptors (Lipinski definition) is 3. The Bertz CT molecular complexity index is 400. The SMILES string of the molecule is CC(C)(C)C(O)CNC1CCSc2ccccc21. The molecule has 0 aromatic heterocycles. The van der Waals surface area contributed by atoms with E-state index < -0.39 is 0 Å². The number of rotatable bonds is 3. The van der Waals surface area contributed by atoms with Crippen LogP contribution < -0.4 is 5.32 Å². The fraction of sp³-hybridized carbons (Fsp3) is 0.600. The van der Waals surface area contributed by atoms with Crippen LogP contribution in [-0.2, 0) is 0 Å². The van der Waals surface area contributed by atoms with Crippen LogP contribution in [0.5, 0.6) is 0 Å². The maximum atomic E-state index is 10.1. The molecule has 100 valence electrons. The normalized spacial score (nSPS) is 21.4. The van der Waals surface area contributed by atoms with Crippen LogP contribution in [0, 0.1) is 5.41 Å². The van der Waals surface area contributed by atoms with Gasteiger partial charge in [-0.15, -0.1) is 11.8 Å². The predicted molar refractivity (Wildman–Crippen MR) is 78.0 cm³/mol. The third kappa shape index (κ3) is 3.28. The molecule has 1 aromatic rings. The molecule has 2 N–H and O–H groups in total. The average molecular weight is 265 g/mol. The smallest absolute Gasteiger partial charge is 0.0712 e. The predicted octanol–water partition coefficient (Wildman–Crippen LogP) is 3.22. The van der Waals surface area contributed by atoms with Crippen LogP contribution in [0.1, 0.15) is 38.8 Å². The number of aliphatic hydroxyl groups excluding tert-OH is 1. The highest BCUT2D eigenvalue weighted by atomic mass is 32.2. The summed E-state index contributed by atoms with van der Waals surface area (Å²) in [5, 5.41) is 13.6. The Kier molecular flexibility index (Phi) is 4.36. The van der Waals surface area contributed by atoms with Gasteiger partial charge in [0.05, 0.1) is 6.10 Å². The first-order valence-corrected chi connectivity index (χ1v) is 7.60. The summed E-state index contributed by atoms with van der Waals surface area (Å²) in [7, 11) is 0. The lowest BCUT2D eigenvalue weighted by Crippen LogP contribution is -2.38. The minimum Gasteiger partial charge on any atom is -0.391 e. The maximum absolute atomic E-state index is 10.1. The largest absolute Gasteiger partial charge is 0.391 e. The summed E-state index contributed by atoms with van der Waals surface area (Å²) in [5.74, 6) is 1.15. The van der Waals surface area contributed by atoms with Crippen LogP contribution in [0.25, 0.3) is 0 Å². The Morgan fingerprint density at radius 1 is 1.39 bits per heavy atom. The van der Waals surface area contributed by atoms with Gasteiger partial charge in [0, 0.05) is 17.5 Å². The summed E-state index contributed by atoms with van der Waals surface area (Å²) >= 11 is 1.93. The Hall–Kier alpha value is -0.510. The first kappa shape index (κ1) is 13.9. The van der Waals surface area contributed by atoms with Gasteiger partial charge in [-0.3, -0.25) is 0 Å². The third-order valence-electron chi connectivity index (χ3n) is 3.52. The lowest BCUT2D eigenvalue weighted by atomic mass is 9.89. The monoisotopic (exact) mass is 265 g/mol. The topological polar surface area (TPSA) is 32.3 Å². The van der Waals surface area contributed by atoms with Crippen molar-refractivity contribution in [3.63, 3.8) is 0 Å². The number of aliphatic hydroxyl groups is 1. The summed E-state index contributed by atoms with van der Waals surface area (Å²) in [6, 6.07) is 8.97. The van der Waals surface area contributed by atoms with E-state index in [1.165, 1.54) is 10.5 Å². The van der Waals surface area contributed by atoms with Gasteiger partial charge in [0.25, 0.3) is 0 Å². The lowest BCUT2D eigenvalue weighted by molar-refractivity contribution is 0.0602. The van der Waals surface area contributed by atoms with E-state index in [0.717, 1.165) is 12.2 Å². The summed E-state index contributed by atoms with van der Waals surface area (Å²) in [5.41, 5.74) is 1.32. The second-order valence-corrected chi connectivity index (χ2v) is 7.15. The molecule has 2 atom stereocenters. The van der Waals surface area contributed by atoms with E-state index in [-0.39, 0.29) is 11.5 Å².